The topological polar surface area (TPSA) is 66.9 Å². The van der Waals surface area contributed by atoms with Crippen molar-refractivity contribution in [3.63, 3.8) is 0 Å². The van der Waals surface area contributed by atoms with Crippen molar-refractivity contribution in [2.75, 3.05) is 11.9 Å². The molecule has 0 aliphatic heterocycles. The summed E-state index contributed by atoms with van der Waals surface area (Å²) in [7, 11) is 0. The number of carbonyl (C=O) groups excluding carboxylic acids is 1. The van der Waals surface area contributed by atoms with Crippen molar-refractivity contribution < 1.29 is 4.79 Å². The van der Waals surface area contributed by atoms with E-state index in [1.54, 1.807) is 0 Å². The minimum atomic E-state index is -0.133. The van der Waals surface area contributed by atoms with Crippen molar-refractivity contribution in [3.8, 4) is 0 Å². The SMILES string of the molecule is CC(C)CNC(=O)c1cnc(NC(C)(C)C)nc1. The molecule has 2 N–H and O–H groups in total. The predicted molar refractivity (Wildman–Crippen MR) is 72.6 cm³/mol. The molecule has 0 aliphatic carbocycles. The van der Waals surface area contributed by atoms with E-state index in [9.17, 15) is 4.79 Å². The molecule has 0 fully saturated rings. The van der Waals surface area contributed by atoms with Gasteiger partial charge in [-0.1, -0.05) is 13.8 Å². The predicted octanol–water partition coefficient (Wildman–Crippen LogP) is 2.07. The molecule has 18 heavy (non-hydrogen) atoms. The van der Waals surface area contributed by atoms with E-state index in [1.807, 2.05) is 34.6 Å². The quantitative estimate of drug-likeness (QED) is 0.858. The van der Waals surface area contributed by atoms with Gasteiger partial charge in [0, 0.05) is 24.5 Å². The summed E-state index contributed by atoms with van der Waals surface area (Å²) in [4.78, 5) is 20.0. The molecule has 0 atom stereocenters. The lowest BCUT2D eigenvalue weighted by molar-refractivity contribution is 0.0948. The number of rotatable bonds is 4. The molecule has 0 spiro atoms. The van der Waals surface area contributed by atoms with Gasteiger partial charge in [0.05, 0.1) is 5.56 Å². The molecular formula is C13H22N4O. The van der Waals surface area contributed by atoms with E-state index in [4.69, 9.17) is 0 Å². The van der Waals surface area contributed by atoms with Crippen LogP contribution in [0.4, 0.5) is 5.95 Å². The van der Waals surface area contributed by atoms with Gasteiger partial charge in [0.1, 0.15) is 0 Å². The Balaban J connectivity index is 2.62. The first kappa shape index (κ1) is 14.4. The van der Waals surface area contributed by atoms with E-state index in [0.29, 0.717) is 24.0 Å². The number of nitrogens with one attached hydrogen (secondary N) is 2. The molecule has 5 heteroatoms. The first-order valence-corrected chi connectivity index (χ1v) is 6.16. The molecule has 1 aromatic heterocycles. The van der Waals surface area contributed by atoms with E-state index in [-0.39, 0.29) is 11.4 Å². The maximum absolute atomic E-state index is 11.7. The van der Waals surface area contributed by atoms with Gasteiger partial charge in [-0.05, 0) is 26.7 Å². The van der Waals surface area contributed by atoms with Gasteiger partial charge in [-0.2, -0.15) is 0 Å². The summed E-state index contributed by atoms with van der Waals surface area (Å²) in [6, 6.07) is 0. The monoisotopic (exact) mass is 250 g/mol. The molecule has 0 aliphatic rings. The third kappa shape index (κ3) is 5.12. The molecule has 1 heterocycles. The molecular weight excluding hydrogens is 228 g/mol. The van der Waals surface area contributed by atoms with Crippen LogP contribution in [0.2, 0.25) is 0 Å². The lowest BCUT2D eigenvalue weighted by atomic mass is 10.1. The van der Waals surface area contributed by atoms with Crippen LogP contribution in [0.1, 0.15) is 45.0 Å². The Bertz CT molecular complexity index is 392. The summed E-state index contributed by atoms with van der Waals surface area (Å²) in [5.41, 5.74) is 0.386. The lowest BCUT2D eigenvalue weighted by Crippen LogP contribution is -2.29. The van der Waals surface area contributed by atoms with E-state index in [2.05, 4.69) is 20.6 Å². The average molecular weight is 250 g/mol. The summed E-state index contributed by atoms with van der Waals surface area (Å²) >= 11 is 0. The van der Waals surface area contributed by atoms with Crippen molar-refractivity contribution in [2.45, 2.75) is 40.2 Å². The van der Waals surface area contributed by atoms with Crippen LogP contribution in [-0.2, 0) is 0 Å². The molecule has 0 saturated carbocycles. The van der Waals surface area contributed by atoms with Gasteiger partial charge in [-0.15, -0.1) is 0 Å². The fourth-order valence-corrected chi connectivity index (χ4v) is 1.24. The van der Waals surface area contributed by atoms with Gasteiger partial charge in [0.2, 0.25) is 5.95 Å². The Hall–Kier alpha value is -1.65. The maximum atomic E-state index is 11.7. The van der Waals surface area contributed by atoms with Crippen LogP contribution in [-0.4, -0.2) is 28.0 Å². The molecule has 0 bridgehead atoms. The molecule has 5 nitrogen and oxygen atoms in total. The van der Waals surface area contributed by atoms with Crippen molar-refractivity contribution in [2.24, 2.45) is 5.92 Å². The maximum Gasteiger partial charge on any atom is 0.254 e. The highest BCUT2D eigenvalue weighted by atomic mass is 16.1. The van der Waals surface area contributed by atoms with E-state index < -0.39 is 0 Å². The number of nitrogens with zero attached hydrogens (tertiary/aromatic N) is 2. The summed E-state index contributed by atoms with van der Waals surface area (Å²) in [5.74, 6) is 0.825. The second kappa shape index (κ2) is 5.80. The van der Waals surface area contributed by atoms with Gasteiger partial charge < -0.3 is 10.6 Å². The summed E-state index contributed by atoms with van der Waals surface area (Å²) < 4.78 is 0. The number of amides is 1. The fourth-order valence-electron chi connectivity index (χ4n) is 1.24. The Labute approximate surface area is 108 Å². The van der Waals surface area contributed by atoms with E-state index >= 15 is 0 Å². The second-order valence-corrected chi connectivity index (χ2v) is 5.77. The standard InChI is InChI=1S/C13H22N4O/c1-9(2)6-14-11(18)10-7-15-12(16-8-10)17-13(3,4)5/h7-9H,6H2,1-5H3,(H,14,18)(H,15,16,17). The molecule has 100 valence electrons. The van der Waals surface area contributed by atoms with Crippen LogP contribution < -0.4 is 10.6 Å². The zero-order valence-corrected chi connectivity index (χ0v) is 11.7. The highest BCUT2D eigenvalue weighted by Crippen LogP contribution is 2.09. The Morgan fingerprint density at radius 3 is 2.28 bits per heavy atom. The van der Waals surface area contributed by atoms with E-state index in [1.165, 1.54) is 12.4 Å². The Kier molecular flexibility index (Phi) is 4.64. The summed E-state index contributed by atoms with van der Waals surface area (Å²) in [5, 5.41) is 5.97. The molecule has 1 amide bonds. The molecule has 0 saturated heterocycles. The van der Waals surface area contributed by atoms with Crippen molar-refractivity contribution in [1.29, 1.82) is 0 Å². The molecule has 1 rings (SSSR count). The number of hydrogen-bond donors (Lipinski definition) is 2. The van der Waals surface area contributed by atoms with Crippen molar-refractivity contribution in [3.05, 3.63) is 18.0 Å². The summed E-state index contributed by atoms with van der Waals surface area (Å²) in [6.45, 7) is 10.8. The van der Waals surface area contributed by atoms with Gasteiger partial charge in [-0.3, -0.25) is 4.79 Å². The van der Waals surface area contributed by atoms with Crippen LogP contribution in [0.25, 0.3) is 0 Å². The first-order chi connectivity index (χ1) is 8.28. The molecule has 0 radical (unpaired) electrons. The van der Waals surface area contributed by atoms with Gasteiger partial charge >= 0.3 is 0 Å². The van der Waals surface area contributed by atoms with Crippen LogP contribution in [0.5, 0.6) is 0 Å². The van der Waals surface area contributed by atoms with Crippen molar-refractivity contribution >= 4 is 11.9 Å². The average Bonchev–Trinajstić information content (AvgIpc) is 2.24. The molecule has 0 aromatic carbocycles. The van der Waals surface area contributed by atoms with Crippen molar-refractivity contribution in [1.82, 2.24) is 15.3 Å². The highest BCUT2D eigenvalue weighted by Gasteiger charge is 2.12. The zero-order chi connectivity index (χ0) is 13.8. The second-order valence-electron chi connectivity index (χ2n) is 5.77. The van der Waals surface area contributed by atoms with Crippen LogP contribution in [0.15, 0.2) is 12.4 Å². The van der Waals surface area contributed by atoms with Crippen LogP contribution >= 0.6 is 0 Å². The van der Waals surface area contributed by atoms with Crippen LogP contribution in [0.3, 0.4) is 0 Å². The number of anilines is 1. The van der Waals surface area contributed by atoms with Gasteiger partial charge in [0.15, 0.2) is 0 Å². The van der Waals surface area contributed by atoms with E-state index in [0.717, 1.165) is 0 Å². The molecule has 0 unspecified atom stereocenters. The largest absolute Gasteiger partial charge is 0.352 e. The minimum absolute atomic E-state index is 0.0958. The number of carbonyl (C=O) groups is 1. The Morgan fingerprint density at radius 2 is 1.83 bits per heavy atom. The number of aromatic nitrogens is 2. The highest BCUT2D eigenvalue weighted by molar-refractivity contribution is 5.93. The third-order valence-corrected chi connectivity index (χ3v) is 2.07. The number of hydrogen-bond acceptors (Lipinski definition) is 4. The van der Waals surface area contributed by atoms with Gasteiger partial charge in [0.25, 0.3) is 5.91 Å². The smallest absolute Gasteiger partial charge is 0.254 e. The van der Waals surface area contributed by atoms with Gasteiger partial charge in [-0.25, -0.2) is 9.97 Å². The Morgan fingerprint density at radius 1 is 1.28 bits per heavy atom. The van der Waals surface area contributed by atoms with Crippen LogP contribution in [0, 0.1) is 5.92 Å². The normalized spacial score (nSPS) is 11.4. The first-order valence-electron chi connectivity index (χ1n) is 6.16. The minimum Gasteiger partial charge on any atom is -0.352 e. The zero-order valence-electron chi connectivity index (χ0n) is 11.7. The molecule has 1 aromatic rings. The summed E-state index contributed by atoms with van der Waals surface area (Å²) in [6.07, 6.45) is 3.08. The lowest BCUT2D eigenvalue weighted by Gasteiger charge is -2.20. The third-order valence-electron chi connectivity index (χ3n) is 2.07. The fraction of sp³-hybridized carbons (Fsp3) is 0.615.